The van der Waals surface area contributed by atoms with Crippen molar-refractivity contribution in [1.82, 2.24) is 10.2 Å². The molecule has 0 radical (unpaired) electrons. The second-order valence-corrected chi connectivity index (χ2v) is 8.08. The quantitative estimate of drug-likeness (QED) is 0.427. The molecule has 0 spiro atoms. The zero-order valence-electron chi connectivity index (χ0n) is 13.6. The van der Waals surface area contributed by atoms with Crippen LogP contribution >= 0.6 is 35.7 Å². The van der Waals surface area contributed by atoms with Crippen molar-refractivity contribution in [2.24, 2.45) is 10.9 Å². The Labute approximate surface area is 150 Å². The van der Waals surface area contributed by atoms with E-state index >= 15 is 0 Å². The number of nitrogens with zero attached hydrogens (tertiary/aromatic N) is 2. The van der Waals surface area contributed by atoms with Gasteiger partial charge < -0.3 is 15.0 Å². The molecular formula is C15H30IN3OS. The van der Waals surface area contributed by atoms with E-state index in [4.69, 9.17) is 9.73 Å². The zero-order chi connectivity index (χ0) is 14.4. The number of aliphatic imine (C=N–C) groups is 1. The number of guanidine groups is 1. The average molecular weight is 427 g/mol. The molecule has 2 saturated heterocycles. The van der Waals surface area contributed by atoms with Crippen molar-refractivity contribution in [3.8, 4) is 0 Å². The Bertz CT molecular complexity index is 333. The number of halogens is 1. The molecule has 2 rings (SSSR count). The summed E-state index contributed by atoms with van der Waals surface area (Å²) in [6.07, 6.45) is 2.31. The topological polar surface area (TPSA) is 36.9 Å². The summed E-state index contributed by atoms with van der Waals surface area (Å²) in [7, 11) is 0. The Kier molecular flexibility index (Phi) is 8.71. The predicted octanol–water partition coefficient (Wildman–Crippen LogP) is 2.82. The number of rotatable bonds is 3. The molecule has 2 fully saturated rings. The maximum absolute atomic E-state index is 5.42. The predicted molar refractivity (Wildman–Crippen MR) is 103 cm³/mol. The van der Waals surface area contributed by atoms with Crippen molar-refractivity contribution in [1.29, 1.82) is 0 Å². The van der Waals surface area contributed by atoms with Crippen LogP contribution in [0.4, 0.5) is 0 Å². The average Bonchev–Trinajstić information content (AvgIpc) is 2.43. The number of nitrogens with one attached hydrogen (secondary N) is 1. The molecule has 0 amide bonds. The van der Waals surface area contributed by atoms with Gasteiger partial charge in [0.05, 0.1) is 0 Å². The lowest BCUT2D eigenvalue weighted by atomic mass is 10.0. The summed E-state index contributed by atoms with van der Waals surface area (Å²) in [6, 6.07) is 0. The Morgan fingerprint density at radius 3 is 2.71 bits per heavy atom. The van der Waals surface area contributed by atoms with Crippen molar-refractivity contribution in [2.75, 3.05) is 45.1 Å². The van der Waals surface area contributed by atoms with Crippen LogP contribution in [0.3, 0.4) is 0 Å². The minimum absolute atomic E-state index is 0. The minimum atomic E-state index is 0. The molecule has 2 aliphatic heterocycles. The first-order valence-corrected chi connectivity index (χ1v) is 8.84. The summed E-state index contributed by atoms with van der Waals surface area (Å²) in [4.78, 5) is 7.32. The monoisotopic (exact) mass is 427 g/mol. The molecule has 2 heterocycles. The van der Waals surface area contributed by atoms with Crippen molar-refractivity contribution in [3.63, 3.8) is 0 Å². The van der Waals surface area contributed by atoms with Crippen molar-refractivity contribution in [2.45, 2.75) is 38.4 Å². The number of thioether (sulfide) groups is 1. The van der Waals surface area contributed by atoms with E-state index in [0.717, 1.165) is 58.2 Å². The fourth-order valence-corrected chi connectivity index (χ4v) is 3.88. The maximum atomic E-state index is 5.42. The van der Waals surface area contributed by atoms with Gasteiger partial charge in [-0.15, -0.1) is 24.0 Å². The zero-order valence-corrected chi connectivity index (χ0v) is 16.7. The third-order valence-electron chi connectivity index (χ3n) is 3.90. The first kappa shape index (κ1) is 19.4. The number of hydrogen-bond donors (Lipinski definition) is 1. The second kappa shape index (κ2) is 9.45. The van der Waals surface area contributed by atoms with E-state index in [0.29, 0.717) is 10.7 Å². The Hall–Kier alpha value is 0.310. The van der Waals surface area contributed by atoms with Crippen molar-refractivity contribution in [3.05, 3.63) is 0 Å². The van der Waals surface area contributed by atoms with Gasteiger partial charge in [0, 0.05) is 49.9 Å². The Balaban J connectivity index is 0.00000220. The van der Waals surface area contributed by atoms with Gasteiger partial charge in [0.1, 0.15) is 0 Å². The molecular weight excluding hydrogens is 397 g/mol. The fourth-order valence-electron chi connectivity index (χ4n) is 2.77. The SMILES string of the molecule is CCNC(=NCC1CCOCC1)N1CCSC(C)(C)C1.I. The van der Waals surface area contributed by atoms with Gasteiger partial charge in [-0.25, -0.2) is 0 Å². The molecule has 0 aliphatic carbocycles. The maximum Gasteiger partial charge on any atom is 0.193 e. The highest BCUT2D eigenvalue weighted by molar-refractivity contribution is 14.0. The lowest BCUT2D eigenvalue weighted by molar-refractivity contribution is 0.0688. The van der Waals surface area contributed by atoms with Gasteiger partial charge in [0.25, 0.3) is 0 Å². The minimum Gasteiger partial charge on any atom is -0.381 e. The van der Waals surface area contributed by atoms with Crippen LogP contribution in [0.2, 0.25) is 0 Å². The van der Waals surface area contributed by atoms with Crippen LogP contribution in [0.15, 0.2) is 4.99 Å². The third-order valence-corrected chi connectivity index (χ3v) is 5.20. The molecule has 4 nitrogen and oxygen atoms in total. The first-order valence-electron chi connectivity index (χ1n) is 7.86. The van der Waals surface area contributed by atoms with Crippen LogP contribution in [0.25, 0.3) is 0 Å². The normalized spacial score (nSPS) is 23.6. The number of hydrogen-bond acceptors (Lipinski definition) is 3. The van der Waals surface area contributed by atoms with Crippen LogP contribution in [-0.4, -0.2) is 60.8 Å². The van der Waals surface area contributed by atoms with Gasteiger partial charge >= 0.3 is 0 Å². The summed E-state index contributed by atoms with van der Waals surface area (Å²) in [5.74, 6) is 2.99. The summed E-state index contributed by atoms with van der Waals surface area (Å²) in [5.41, 5.74) is 0. The molecule has 0 bridgehead atoms. The Morgan fingerprint density at radius 2 is 2.10 bits per heavy atom. The molecule has 0 aromatic carbocycles. The highest BCUT2D eigenvalue weighted by Crippen LogP contribution is 2.29. The molecule has 0 atom stereocenters. The van der Waals surface area contributed by atoms with Crippen LogP contribution in [0.5, 0.6) is 0 Å². The van der Waals surface area contributed by atoms with E-state index < -0.39 is 0 Å². The van der Waals surface area contributed by atoms with Gasteiger partial charge in [0.2, 0.25) is 0 Å². The lowest BCUT2D eigenvalue weighted by Crippen LogP contribution is -2.51. The molecule has 0 aromatic heterocycles. The van der Waals surface area contributed by atoms with Gasteiger partial charge in [-0.2, -0.15) is 11.8 Å². The van der Waals surface area contributed by atoms with Crippen molar-refractivity contribution >= 4 is 41.7 Å². The van der Waals surface area contributed by atoms with Gasteiger partial charge in [-0.05, 0) is 39.5 Å². The highest BCUT2D eigenvalue weighted by atomic mass is 127. The smallest absolute Gasteiger partial charge is 0.193 e. The number of ether oxygens (including phenoxy) is 1. The van der Waals surface area contributed by atoms with Crippen LogP contribution in [0, 0.1) is 5.92 Å². The summed E-state index contributed by atoms with van der Waals surface area (Å²) in [6.45, 7) is 12.7. The van der Waals surface area contributed by atoms with E-state index in [1.165, 1.54) is 5.75 Å². The standard InChI is InChI=1S/C15H29N3OS.HI/c1-4-16-14(17-11-13-5-8-19-9-6-13)18-7-10-20-15(2,3)12-18;/h13H,4-12H2,1-3H3,(H,16,17);1H. The fraction of sp³-hybridized carbons (Fsp3) is 0.933. The summed E-state index contributed by atoms with van der Waals surface area (Å²) in [5, 5.41) is 3.47. The van der Waals surface area contributed by atoms with E-state index in [1.54, 1.807) is 0 Å². The Morgan fingerprint density at radius 1 is 1.38 bits per heavy atom. The highest BCUT2D eigenvalue weighted by Gasteiger charge is 2.28. The lowest BCUT2D eigenvalue weighted by Gasteiger charge is -2.39. The van der Waals surface area contributed by atoms with Crippen molar-refractivity contribution < 1.29 is 4.74 Å². The summed E-state index contributed by atoms with van der Waals surface area (Å²) >= 11 is 2.06. The van der Waals surface area contributed by atoms with Gasteiger partial charge in [0.15, 0.2) is 5.96 Å². The van der Waals surface area contributed by atoms with Crippen LogP contribution in [-0.2, 0) is 4.74 Å². The first-order chi connectivity index (χ1) is 9.61. The molecule has 0 unspecified atom stereocenters. The molecule has 6 heteroatoms. The van der Waals surface area contributed by atoms with E-state index in [9.17, 15) is 0 Å². The summed E-state index contributed by atoms with van der Waals surface area (Å²) < 4.78 is 5.75. The van der Waals surface area contributed by atoms with Crippen LogP contribution in [0.1, 0.15) is 33.6 Å². The van der Waals surface area contributed by atoms with Gasteiger partial charge in [-0.1, -0.05) is 0 Å². The molecule has 1 N–H and O–H groups in total. The largest absolute Gasteiger partial charge is 0.381 e. The van der Waals surface area contributed by atoms with E-state index in [1.807, 2.05) is 0 Å². The molecule has 124 valence electrons. The second-order valence-electron chi connectivity index (χ2n) is 6.28. The third kappa shape index (κ3) is 6.52. The molecule has 0 saturated carbocycles. The van der Waals surface area contributed by atoms with Gasteiger partial charge in [-0.3, -0.25) is 4.99 Å². The molecule has 21 heavy (non-hydrogen) atoms. The van der Waals surface area contributed by atoms with E-state index in [-0.39, 0.29) is 24.0 Å². The molecule has 0 aromatic rings. The molecule has 2 aliphatic rings. The van der Waals surface area contributed by atoms with Crippen LogP contribution < -0.4 is 5.32 Å². The van der Waals surface area contributed by atoms with E-state index in [2.05, 4.69) is 42.7 Å².